The van der Waals surface area contributed by atoms with Crippen LogP contribution >= 0.6 is 0 Å². The Morgan fingerprint density at radius 1 is 1.26 bits per heavy atom. The predicted molar refractivity (Wildman–Crippen MR) is 82.3 cm³/mol. The summed E-state index contributed by atoms with van der Waals surface area (Å²) in [4.78, 5) is 23.8. The minimum atomic E-state index is -1.05. The molecule has 2 aliphatic rings. The van der Waals surface area contributed by atoms with E-state index in [1.807, 2.05) is 6.07 Å². The van der Waals surface area contributed by atoms with Gasteiger partial charge in [0.05, 0.1) is 6.61 Å². The second-order valence-corrected chi connectivity index (χ2v) is 6.06. The zero-order chi connectivity index (χ0) is 16.2. The summed E-state index contributed by atoms with van der Waals surface area (Å²) in [5.74, 6) is -0.205. The number of ether oxygens (including phenoxy) is 2. The molecule has 1 aromatic carbocycles. The zero-order valence-corrected chi connectivity index (χ0v) is 12.9. The van der Waals surface area contributed by atoms with Gasteiger partial charge in [-0.1, -0.05) is 6.07 Å². The molecule has 1 amide bonds. The minimum absolute atomic E-state index is 0.221. The number of nitrogens with one attached hydrogen (secondary N) is 1. The Balaban J connectivity index is 1.66. The van der Waals surface area contributed by atoms with E-state index in [0.29, 0.717) is 31.8 Å². The third-order valence-electron chi connectivity index (χ3n) is 4.41. The van der Waals surface area contributed by atoms with Crippen molar-refractivity contribution in [2.75, 3.05) is 19.8 Å². The normalized spacial score (nSPS) is 18.8. The third-order valence-corrected chi connectivity index (χ3v) is 4.41. The number of amides is 1. The largest absolute Gasteiger partial charge is 0.493 e. The van der Waals surface area contributed by atoms with Crippen LogP contribution in [0.4, 0.5) is 0 Å². The molecule has 2 N–H and O–H groups in total. The standard InChI is InChI=1S/C17H21NO5/c19-15(9-11-3-6-22-7-4-11)18-16(17(20)21)13-1-2-14-12(10-13)5-8-23-14/h1-2,10-11,16H,3-9H2,(H,18,19)(H,20,21). The molecule has 0 saturated carbocycles. The van der Waals surface area contributed by atoms with E-state index in [-0.39, 0.29) is 11.8 Å². The maximum Gasteiger partial charge on any atom is 0.330 e. The maximum atomic E-state index is 12.2. The van der Waals surface area contributed by atoms with Crippen LogP contribution in [0.2, 0.25) is 0 Å². The van der Waals surface area contributed by atoms with Crippen LogP contribution in [-0.4, -0.2) is 36.8 Å². The first-order valence-electron chi connectivity index (χ1n) is 7.99. The van der Waals surface area contributed by atoms with Gasteiger partial charge in [0.2, 0.25) is 5.91 Å². The van der Waals surface area contributed by atoms with E-state index in [4.69, 9.17) is 9.47 Å². The SMILES string of the molecule is O=C(CC1CCOCC1)NC(C(=O)O)c1ccc2c(c1)CCO2. The van der Waals surface area contributed by atoms with Gasteiger partial charge in [0.15, 0.2) is 6.04 Å². The van der Waals surface area contributed by atoms with Crippen molar-refractivity contribution in [2.45, 2.75) is 31.7 Å². The molecule has 6 nitrogen and oxygen atoms in total. The molecule has 1 atom stereocenters. The number of carbonyl (C=O) groups is 2. The quantitative estimate of drug-likeness (QED) is 0.862. The molecule has 0 spiro atoms. The van der Waals surface area contributed by atoms with Gasteiger partial charge in [-0.15, -0.1) is 0 Å². The first-order valence-corrected chi connectivity index (χ1v) is 7.99. The Morgan fingerprint density at radius 3 is 2.78 bits per heavy atom. The molecule has 0 radical (unpaired) electrons. The van der Waals surface area contributed by atoms with Crippen molar-refractivity contribution in [1.29, 1.82) is 0 Å². The number of benzene rings is 1. The monoisotopic (exact) mass is 319 g/mol. The van der Waals surface area contributed by atoms with Crippen molar-refractivity contribution in [3.8, 4) is 5.75 Å². The van der Waals surface area contributed by atoms with Crippen molar-refractivity contribution in [1.82, 2.24) is 5.32 Å². The highest BCUT2D eigenvalue weighted by Gasteiger charge is 2.26. The van der Waals surface area contributed by atoms with Gasteiger partial charge in [-0.2, -0.15) is 0 Å². The summed E-state index contributed by atoms with van der Waals surface area (Å²) in [6.45, 7) is 1.96. The first-order chi connectivity index (χ1) is 11.1. The number of aliphatic carboxylic acids is 1. The van der Waals surface area contributed by atoms with E-state index in [2.05, 4.69) is 5.32 Å². The minimum Gasteiger partial charge on any atom is -0.493 e. The van der Waals surface area contributed by atoms with E-state index < -0.39 is 12.0 Å². The average molecular weight is 319 g/mol. The Morgan fingerprint density at radius 2 is 2.04 bits per heavy atom. The highest BCUT2D eigenvalue weighted by Crippen LogP contribution is 2.28. The fourth-order valence-corrected chi connectivity index (χ4v) is 3.11. The van der Waals surface area contributed by atoms with Gasteiger partial charge in [0.1, 0.15) is 5.75 Å². The number of carboxylic acids is 1. The lowest BCUT2D eigenvalue weighted by molar-refractivity contribution is -0.142. The Labute approximate surface area is 134 Å². The summed E-state index contributed by atoms with van der Waals surface area (Å²) in [5, 5.41) is 12.1. The van der Waals surface area contributed by atoms with Crippen molar-refractivity contribution >= 4 is 11.9 Å². The highest BCUT2D eigenvalue weighted by molar-refractivity contribution is 5.84. The smallest absolute Gasteiger partial charge is 0.330 e. The van der Waals surface area contributed by atoms with Crippen molar-refractivity contribution in [3.05, 3.63) is 29.3 Å². The van der Waals surface area contributed by atoms with Crippen LogP contribution in [0.5, 0.6) is 5.75 Å². The summed E-state index contributed by atoms with van der Waals surface area (Å²) in [6.07, 6.45) is 2.81. The second kappa shape index (κ2) is 7.00. The molecule has 1 aromatic rings. The van der Waals surface area contributed by atoms with Gasteiger partial charge in [-0.05, 0) is 42.0 Å². The molecular weight excluding hydrogens is 298 g/mol. The van der Waals surface area contributed by atoms with Crippen molar-refractivity contribution in [3.63, 3.8) is 0 Å². The summed E-state index contributed by atoms with van der Waals surface area (Å²) in [7, 11) is 0. The number of fused-ring (bicyclic) bond motifs is 1. The third kappa shape index (κ3) is 3.82. The van der Waals surface area contributed by atoms with Gasteiger partial charge >= 0.3 is 5.97 Å². The Hall–Kier alpha value is -2.08. The molecule has 2 aliphatic heterocycles. The molecular formula is C17H21NO5. The number of rotatable bonds is 5. The van der Waals surface area contributed by atoms with E-state index in [1.165, 1.54) is 0 Å². The fraction of sp³-hybridized carbons (Fsp3) is 0.529. The fourth-order valence-electron chi connectivity index (χ4n) is 3.11. The molecule has 6 heteroatoms. The lowest BCUT2D eigenvalue weighted by atomic mass is 9.95. The number of hydrogen-bond acceptors (Lipinski definition) is 4. The molecule has 124 valence electrons. The van der Waals surface area contributed by atoms with Gasteiger partial charge in [0, 0.05) is 26.1 Å². The molecule has 3 rings (SSSR count). The van der Waals surface area contributed by atoms with Crippen LogP contribution in [0.25, 0.3) is 0 Å². The lowest BCUT2D eigenvalue weighted by Gasteiger charge is -2.22. The average Bonchev–Trinajstić information content (AvgIpc) is 3.01. The van der Waals surface area contributed by atoms with Gasteiger partial charge in [0.25, 0.3) is 0 Å². The Bertz CT molecular complexity index is 595. The van der Waals surface area contributed by atoms with Crippen LogP contribution < -0.4 is 10.1 Å². The molecule has 23 heavy (non-hydrogen) atoms. The van der Waals surface area contributed by atoms with Gasteiger partial charge in [-0.25, -0.2) is 4.79 Å². The van der Waals surface area contributed by atoms with E-state index in [9.17, 15) is 14.7 Å². The predicted octanol–water partition coefficient (Wildman–Crippen LogP) is 1.68. The van der Waals surface area contributed by atoms with Gasteiger partial charge < -0.3 is 19.9 Å². The van der Waals surface area contributed by atoms with Crippen molar-refractivity contribution in [2.24, 2.45) is 5.92 Å². The van der Waals surface area contributed by atoms with E-state index >= 15 is 0 Å². The molecule has 0 aliphatic carbocycles. The number of carboxylic acid groups (broad SMARTS) is 1. The summed E-state index contributed by atoms with van der Waals surface area (Å²) in [6, 6.07) is 4.28. The second-order valence-electron chi connectivity index (χ2n) is 6.06. The molecule has 1 unspecified atom stereocenters. The van der Waals surface area contributed by atoms with Crippen LogP contribution in [0.3, 0.4) is 0 Å². The van der Waals surface area contributed by atoms with Crippen LogP contribution in [0.1, 0.15) is 36.4 Å². The molecule has 1 saturated heterocycles. The molecule has 2 heterocycles. The lowest BCUT2D eigenvalue weighted by Crippen LogP contribution is -2.35. The number of carbonyl (C=O) groups excluding carboxylic acids is 1. The van der Waals surface area contributed by atoms with Gasteiger partial charge in [-0.3, -0.25) is 4.79 Å². The number of hydrogen-bond donors (Lipinski definition) is 2. The van der Waals surface area contributed by atoms with E-state index in [1.54, 1.807) is 12.1 Å². The Kier molecular flexibility index (Phi) is 4.81. The highest BCUT2D eigenvalue weighted by atomic mass is 16.5. The summed E-state index contributed by atoms with van der Waals surface area (Å²) >= 11 is 0. The van der Waals surface area contributed by atoms with Crippen LogP contribution in [0.15, 0.2) is 18.2 Å². The topological polar surface area (TPSA) is 84.9 Å². The molecule has 1 fully saturated rings. The molecule has 0 aromatic heterocycles. The maximum absolute atomic E-state index is 12.2. The van der Waals surface area contributed by atoms with Crippen LogP contribution in [-0.2, 0) is 20.7 Å². The zero-order valence-electron chi connectivity index (χ0n) is 12.9. The molecule has 0 bridgehead atoms. The van der Waals surface area contributed by atoms with E-state index in [0.717, 1.165) is 30.6 Å². The summed E-state index contributed by atoms with van der Waals surface area (Å²) < 4.78 is 10.7. The first kappa shape index (κ1) is 15.8. The van der Waals surface area contributed by atoms with Crippen LogP contribution in [0, 0.1) is 5.92 Å². The summed E-state index contributed by atoms with van der Waals surface area (Å²) in [5.41, 5.74) is 1.58. The van der Waals surface area contributed by atoms with Crippen molar-refractivity contribution < 1.29 is 24.2 Å².